The largest absolute Gasteiger partial charge is 0.384 e. The van der Waals surface area contributed by atoms with E-state index in [0.29, 0.717) is 5.02 Å². The summed E-state index contributed by atoms with van der Waals surface area (Å²) in [5.74, 6) is 0. The van der Waals surface area contributed by atoms with Gasteiger partial charge in [0.05, 0.1) is 11.9 Å². The molecule has 3 nitrogen and oxygen atoms in total. The summed E-state index contributed by atoms with van der Waals surface area (Å²) < 4.78 is 0. The zero-order chi connectivity index (χ0) is 13.9. The van der Waals surface area contributed by atoms with Gasteiger partial charge in [0.2, 0.25) is 0 Å². The molecule has 1 heterocycles. The van der Waals surface area contributed by atoms with Crippen LogP contribution in [-0.2, 0) is 0 Å². The number of hydrogen-bond acceptors (Lipinski definition) is 2. The monoisotopic (exact) mass is 284 g/mol. The van der Waals surface area contributed by atoms with Gasteiger partial charge in [0.25, 0.3) is 0 Å². The van der Waals surface area contributed by atoms with E-state index in [9.17, 15) is 5.11 Å². The van der Waals surface area contributed by atoms with Crippen LogP contribution in [0.2, 0.25) is 5.02 Å². The van der Waals surface area contributed by atoms with Gasteiger partial charge in [0.15, 0.2) is 0 Å². The van der Waals surface area contributed by atoms with Crippen molar-refractivity contribution >= 4 is 11.6 Å². The van der Waals surface area contributed by atoms with Crippen LogP contribution < -0.4 is 0 Å². The van der Waals surface area contributed by atoms with Gasteiger partial charge in [0, 0.05) is 10.6 Å². The molecule has 0 aliphatic heterocycles. The van der Waals surface area contributed by atoms with Crippen molar-refractivity contribution in [3.63, 3.8) is 0 Å². The van der Waals surface area contributed by atoms with E-state index in [1.165, 1.54) is 0 Å². The van der Waals surface area contributed by atoms with Gasteiger partial charge in [-0.3, -0.25) is 5.10 Å². The first kappa shape index (κ1) is 12.9. The predicted octanol–water partition coefficient (Wildman–Crippen LogP) is 3.81. The fourth-order valence-corrected chi connectivity index (χ4v) is 2.39. The molecule has 0 radical (unpaired) electrons. The van der Waals surface area contributed by atoms with Gasteiger partial charge in [0.1, 0.15) is 6.10 Å². The van der Waals surface area contributed by atoms with Crippen molar-refractivity contribution in [1.82, 2.24) is 10.2 Å². The van der Waals surface area contributed by atoms with Crippen LogP contribution in [0.1, 0.15) is 17.2 Å². The van der Waals surface area contributed by atoms with Gasteiger partial charge in [-0.15, -0.1) is 0 Å². The number of nitrogens with one attached hydrogen (secondary N) is 1. The zero-order valence-electron chi connectivity index (χ0n) is 10.6. The molecule has 2 aromatic carbocycles. The second-order valence-electron chi connectivity index (χ2n) is 4.52. The molecule has 0 spiro atoms. The van der Waals surface area contributed by atoms with E-state index in [2.05, 4.69) is 10.2 Å². The first-order valence-corrected chi connectivity index (χ1v) is 6.66. The first-order chi connectivity index (χ1) is 9.75. The standard InChI is InChI=1S/C16H13ClN2O/c17-13-8-4-7-12(9-13)16(20)14-10-18-19-15(14)11-5-2-1-3-6-11/h1-10,16,20H,(H,18,19). The number of rotatable bonds is 3. The van der Waals surface area contributed by atoms with Crippen LogP contribution in [0.25, 0.3) is 11.3 Å². The van der Waals surface area contributed by atoms with Crippen LogP contribution in [0.4, 0.5) is 0 Å². The summed E-state index contributed by atoms with van der Waals surface area (Å²) in [6.07, 6.45) is 0.885. The maximum atomic E-state index is 10.5. The Hall–Kier alpha value is -2.10. The van der Waals surface area contributed by atoms with E-state index in [1.54, 1.807) is 18.3 Å². The molecular formula is C16H13ClN2O. The summed E-state index contributed by atoms with van der Waals surface area (Å²) in [7, 11) is 0. The van der Waals surface area contributed by atoms with Crippen LogP contribution in [0.15, 0.2) is 60.8 Å². The van der Waals surface area contributed by atoms with E-state index < -0.39 is 6.10 Å². The molecule has 3 rings (SSSR count). The highest BCUT2D eigenvalue weighted by atomic mass is 35.5. The van der Waals surface area contributed by atoms with Crippen molar-refractivity contribution in [1.29, 1.82) is 0 Å². The number of nitrogens with zero attached hydrogens (tertiary/aromatic N) is 1. The Labute approximate surface area is 121 Å². The van der Waals surface area contributed by atoms with Gasteiger partial charge in [-0.25, -0.2) is 0 Å². The Balaban J connectivity index is 2.02. The molecule has 0 amide bonds. The number of aromatic amines is 1. The molecule has 3 aromatic rings. The summed E-state index contributed by atoms with van der Waals surface area (Å²) in [5.41, 5.74) is 3.29. The minimum absolute atomic E-state index is 0.603. The average molecular weight is 285 g/mol. The third-order valence-electron chi connectivity index (χ3n) is 3.19. The Bertz CT molecular complexity index is 709. The number of aromatic nitrogens is 2. The summed E-state index contributed by atoms with van der Waals surface area (Å²) in [4.78, 5) is 0. The Morgan fingerprint density at radius 1 is 1.05 bits per heavy atom. The maximum absolute atomic E-state index is 10.5. The van der Waals surface area contributed by atoms with Crippen molar-refractivity contribution in [3.05, 3.63) is 76.9 Å². The fraction of sp³-hybridized carbons (Fsp3) is 0.0625. The van der Waals surface area contributed by atoms with Crippen molar-refractivity contribution in [2.75, 3.05) is 0 Å². The minimum Gasteiger partial charge on any atom is -0.384 e. The van der Waals surface area contributed by atoms with Gasteiger partial charge < -0.3 is 5.11 Å². The molecule has 0 aliphatic rings. The van der Waals surface area contributed by atoms with Gasteiger partial charge >= 0.3 is 0 Å². The lowest BCUT2D eigenvalue weighted by atomic mass is 9.99. The molecule has 1 unspecified atom stereocenters. The lowest BCUT2D eigenvalue weighted by Gasteiger charge is -2.12. The van der Waals surface area contributed by atoms with E-state index in [-0.39, 0.29) is 0 Å². The lowest BCUT2D eigenvalue weighted by molar-refractivity contribution is 0.221. The molecule has 1 atom stereocenters. The highest BCUT2D eigenvalue weighted by molar-refractivity contribution is 6.30. The molecule has 2 N–H and O–H groups in total. The Morgan fingerprint density at radius 3 is 2.60 bits per heavy atom. The molecule has 20 heavy (non-hydrogen) atoms. The summed E-state index contributed by atoms with van der Waals surface area (Å²) in [6.45, 7) is 0. The summed E-state index contributed by atoms with van der Waals surface area (Å²) in [5, 5.41) is 18.1. The zero-order valence-corrected chi connectivity index (χ0v) is 11.4. The molecule has 0 saturated carbocycles. The number of aliphatic hydroxyl groups is 1. The van der Waals surface area contributed by atoms with E-state index in [0.717, 1.165) is 22.4 Å². The van der Waals surface area contributed by atoms with E-state index in [1.807, 2.05) is 42.5 Å². The second-order valence-corrected chi connectivity index (χ2v) is 4.96. The van der Waals surface area contributed by atoms with E-state index >= 15 is 0 Å². The van der Waals surface area contributed by atoms with Crippen molar-refractivity contribution in [3.8, 4) is 11.3 Å². The molecule has 0 bridgehead atoms. The molecule has 4 heteroatoms. The van der Waals surface area contributed by atoms with Crippen LogP contribution >= 0.6 is 11.6 Å². The fourth-order valence-electron chi connectivity index (χ4n) is 2.20. The maximum Gasteiger partial charge on any atom is 0.108 e. The quantitative estimate of drug-likeness (QED) is 0.768. The minimum atomic E-state index is -0.761. The number of benzene rings is 2. The number of H-pyrrole nitrogens is 1. The number of aliphatic hydroxyl groups excluding tert-OH is 1. The van der Waals surface area contributed by atoms with Gasteiger partial charge in [-0.2, -0.15) is 5.10 Å². The number of halogens is 1. The highest BCUT2D eigenvalue weighted by Gasteiger charge is 2.17. The molecule has 0 fully saturated rings. The van der Waals surface area contributed by atoms with Crippen molar-refractivity contribution in [2.24, 2.45) is 0 Å². The SMILES string of the molecule is OC(c1cccc(Cl)c1)c1cn[nH]c1-c1ccccc1. The predicted molar refractivity (Wildman–Crippen MR) is 79.5 cm³/mol. The van der Waals surface area contributed by atoms with Crippen molar-refractivity contribution < 1.29 is 5.11 Å². The van der Waals surface area contributed by atoms with E-state index in [4.69, 9.17) is 11.6 Å². The van der Waals surface area contributed by atoms with Gasteiger partial charge in [-0.05, 0) is 23.3 Å². The van der Waals surface area contributed by atoms with Crippen LogP contribution in [-0.4, -0.2) is 15.3 Å². The van der Waals surface area contributed by atoms with Gasteiger partial charge in [-0.1, -0.05) is 54.1 Å². The molecule has 1 aromatic heterocycles. The van der Waals surface area contributed by atoms with Crippen LogP contribution in [0.5, 0.6) is 0 Å². The molecule has 100 valence electrons. The third-order valence-corrected chi connectivity index (χ3v) is 3.43. The summed E-state index contributed by atoms with van der Waals surface area (Å²) >= 11 is 5.97. The topological polar surface area (TPSA) is 48.9 Å². The third kappa shape index (κ3) is 2.46. The first-order valence-electron chi connectivity index (χ1n) is 6.28. The lowest BCUT2D eigenvalue weighted by Crippen LogP contribution is -2.00. The molecule has 0 aliphatic carbocycles. The van der Waals surface area contributed by atoms with Crippen LogP contribution in [0.3, 0.4) is 0 Å². The summed E-state index contributed by atoms with van der Waals surface area (Å²) in [6, 6.07) is 17.0. The Morgan fingerprint density at radius 2 is 1.85 bits per heavy atom. The average Bonchev–Trinajstić information content (AvgIpc) is 2.97. The van der Waals surface area contributed by atoms with Crippen LogP contribution in [0, 0.1) is 0 Å². The highest BCUT2D eigenvalue weighted by Crippen LogP contribution is 2.30. The number of hydrogen-bond donors (Lipinski definition) is 2. The second kappa shape index (κ2) is 5.49. The van der Waals surface area contributed by atoms with Crippen molar-refractivity contribution in [2.45, 2.75) is 6.10 Å². The Kier molecular flexibility index (Phi) is 3.54. The normalized spacial score (nSPS) is 12.3. The molecule has 0 saturated heterocycles. The smallest absolute Gasteiger partial charge is 0.108 e. The molecular weight excluding hydrogens is 272 g/mol.